The van der Waals surface area contributed by atoms with Crippen LogP contribution in [0.3, 0.4) is 0 Å². The van der Waals surface area contributed by atoms with Crippen LogP contribution in [0.5, 0.6) is 0 Å². The fourth-order valence-electron chi connectivity index (χ4n) is 4.61. The van der Waals surface area contributed by atoms with Crippen molar-refractivity contribution in [3.05, 3.63) is 83.4 Å². The Morgan fingerprint density at radius 3 is 2.62 bits per heavy atom. The van der Waals surface area contributed by atoms with Gasteiger partial charge in [-0.05, 0) is 62.0 Å². The van der Waals surface area contributed by atoms with Crippen molar-refractivity contribution in [3.8, 4) is 0 Å². The number of carbonyl (C=O) groups excluding carboxylic acids is 1. The summed E-state index contributed by atoms with van der Waals surface area (Å²) in [7, 11) is 1.72. The molecule has 8 heteroatoms. The molecule has 1 fully saturated rings. The summed E-state index contributed by atoms with van der Waals surface area (Å²) in [4.78, 5) is 19.4. The molecule has 0 unspecified atom stereocenters. The lowest BCUT2D eigenvalue weighted by molar-refractivity contribution is -0.116. The first-order valence-electron chi connectivity index (χ1n) is 11.5. The molecule has 1 aromatic carbocycles. The normalized spacial score (nSPS) is 17.6. The Kier molecular flexibility index (Phi) is 7.59. The molecule has 34 heavy (non-hydrogen) atoms. The summed E-state index contributed by atoms with van der Waals surface area (Å²) in [6.07, 6.45) is 2.12. The second-order valence-electron chi connectivity index (χ2n) is 8.46. The predicted molar refractivity (Wildman–Crippen MR) is 138 cm³/mol. The number of nitrogens with one attached hydrogen (secondary N) is 2. The molecule has 0 bridgehead atoms. The van der Waals surface area contributed by atoms with E-state index in [1.54, 1.807) is 13.3 Å². The summed E-state index contributed by atoms with van der Waals surface area (Å²) in [5, 5.41) is 7.07. The number of hydrogen-bond donors (Lipinski definition) is 2. The Morgan fingerprint density at radius 2 is 1.91 bits per heavy atom. The quantitative estimate of drug-likeness (QED) is 0.451. The van der Waals surface area contributed by atoms with Gasteiger partial charge in [0.2, 0.25) is 5.91 Å². The minimum atomic E-state index is -0.109. The first-order chi connectivity index (χ1) is 16.5. The van der Waals surface area contributed by atoms with Gasteiger partial charge in [0, 0.05) is 49.9 Å². The predicted octanol–water partition coefficient (Wildman–Crippen LogP) is 4.15. The number of ether oxygens (including phenoxy) is 1. The molecular formula is C26H31N5O2S. The molecule has 178 valence electrons. The molecule has 1 amide bonds. The van der Waals surface area contributed by atoms with Gasteiger partial charge in [-0.25, -0.2) is 0 Å². The summed E-state index contributed by atoms with van der Waals surface area (Å²) in [6.45, 7) is 6.17. The number of hydrogen-bond acceptors (Lipinski definition) is 4. The third kappa shape index (κ3) is 5.13. The van der Waals surface area contributed by atoms with Gasteiger partial charge in [-0.2, -0.15) is 0 Å². The standard InChI is InChI=1S/C26H31N5O2S/c1-18-17-21(19(2)30(18)15-16-33-3)25-24(22-11-7-8-13-27-22)29-26(34)31(25)14-12-23(32)28-20-9-5-4-6-10-20/h4-11,13,17,24-25H,12,14-16H2,1-3H3,(H,28,32)(H,29,34)/t24-,25+/m1/s1. The fourth-order valence-corrected chi connectivity index (χ4v) is 4.94. The van der Waals surface area contributed by atoms with Crippen LogP contribution >= 0.6 is 12.2 Å². The number of aromatic nitrogens is 2. The van der Waals surface area contributed by atoms with Gasteiger partial charge >= 0.3 is 0 Å². The molecule has 3 aromatic rings. The number of amides is 1. The third-order valence-corrected chi connectivity index (χ3v) is 6.64. The van der Waals surface area contributed by atoms with E-state index in [0.29, 0.717) is 24.7 Å². The molecule has 7 nitrogen and oxygen atoms in total. The van der Waals surface area contributed by atoms with Gasteiger partial charge in [0.05, 0.1) is 24.4 Å². The van der Waals surface area contributed by atoms with Gasteiger partial charge in [0.25, 0.3) is 0 Å². The number of para-hydroxylation sites is 1. The monoisotopic (exact) mass is 477 g/mol. The fraction of sp³-hybridized carbons (Fsp3) is 0.346. The van der Waals surface area contributed by atoms with Gasteiger partial charge < -0.3 is 24.8 Å². The molecule has 4 rings (SSSR count). The molecule has 1 saturated heterocycles. The summed E-state index contributed by atoms with van der Waals surface area (Å²) >= 11 is 5.76. The number of rotatable bonds is 9. The van der Waals surface area contributed by atoms with Crippen LogP contribution in [0.25, 0.3) is 0 Å². The maximum atomic E-state index is 12.7. The zero-order valence-electron chi connectivity index (χ0n) is 19.8. The topological polar surface area (TPSA) is 71.4 Å². The van der Waals surface area contributed by atoms with E-state index in [1.807, 2.05) is 48.5 Å². The zero-order valence-corrected chi connectivity index (χ0v) is 20.6. The van der Waals surface area contributed by atoms with Crippen molar-refractivity contribution in [1.82, 2.24) is 19.8 Å². The lowest BCUT2D eigenvalue weighted by atomic mass is 9.96. The summed E-state index contributed by atoms with van der Waals surface area (Å²) in [5.41, 5.74) is 5.24. The SMILES string of the molecule is COCCn1c(C)cc([C@H]2[C@@H](c3ccccn3)NC(=S)N2CCC(=O)Nc2ccccc2)c1C. The second kappa shape index (κ2) is 10.8. The number of anilines is 1. The maximum Gasteiger partial charge on any atom is 0.226 e. The Hall–Kier alpha value is -3.23. The average Bonchev–Trinajstić information content (AvgIpc) is 3.32. The van der Waals surface area contributed by atoms with Crippen LogP contribution in [0.15, 0.2) is 60.8 Å². The van der Waals surface area contributed by atoms with Crippen molar-refractivity contribution in [2.75, 3.05) is 25.6 Å². The molecule has 1 aliphatic heterocycles. The van der Waals surface area contributed by atoms with E-state index in [9.17, 15) is 4.79 Å². The number of methoxy groups -OCH3 is 1. The molecule has 1 aliphatic rings. The van der Waals surface area contributed by atoms with E-state index in [4.69, 9.17) is 17.0 Å². The first-order valence-corrected chi connectivity index (χ1v) is 11.9. The van der Waals surface area contributed by atoms with Crippen molar-refractivity contribution in [3.63, 3.8) is 0 Å². The van der Waals surface area contributed by atoms with Crippen molar-refractivity contribution >= 4 is 28.9 Å². The molecule has 3 heterocycles. The number of benzene rings is 1. The molecule has 0 spiro atoms. The highest BCUT2D eigenvalue weighted by molar-refractivity contribution is 7.80. The molecular weight excluding hydrogens is 446 g/mol. The maximum absolute atomic E-state index is 12.7. The van der Waals surface area contributed by atoms with Crippen molar-refractivity contribution < 1.29 is 9.53 Å². The molecule has 0 aliphatic carbocycles. The van der Waals surface area contributed by atoms with Gasteiger partial charge in [-0.15, -0.1) is 0 Å². The van der Waals surface area contributed by atoms with Crippen LogP contribution in [-0.4, -0.2) is 45.7 Å². The summed E-state index contributed by atoms with van der Waals surface area (Å²) in [6, 6.07) is 17.5. The Labute approximate surface area is 206 Å². The minimum absolute atomic E-state index is 0.0420. The van der Waals surface area contributed by atoms with Gasteiger partial charge in [0.15, 0.2) is 5.11 Å². The van der Waals surface area contributed by atoms with Crippen LogP contribution in [0.1, 0.15) is 41.1 Å². The largest absolute Gasteiger partial charge is 0.383 e. The van der Waals surface area contributed by atoms with Crippen molar-refractivity contribution in [1.29, 1.82) is 0 Å². The lowest BCUT2D eigenvalue weighted by Crippen LogP contribution is -2.33. The van der Waals surface area contributed by atoms with Crippen molar-refractivity contribution in [2.24, 2.45) is 0 Å². The van der Waals surface area contributed by atoms with Crippen LogP contribution in [0, 0.1) is 13.8 Å². The Morgan fingerprint density at radius 1 is 1.15 bits per heavy atom. The van der Waals surface area contributed by atoms with E-state index < -0.39 is 0 Å². The number of aryl methyl sites for hydroxylation is 1. The lowest BCUT2D eigenvalue weighted by Gasteiger charge is -2.28. The highest BCUT2D eigenvalue weighted by Gasteiger charge is 2.41. The van der Waals surface area contributed by atoms with Gasteiger partial charge in [0.1, 0.15) is 0 Å². The molecule has 2 atom stereocenters. The first kappa shape index (κ1) is 23.9. The van der Waals surface area contributed by atoms with E-state index in [-0.39, 0.29) is 18.0 Å². The molecule has 2 aromatic heterocycles. The van der Waals surface area contributed by atoms with Crippen LogP contribution < -0.4 is 10.6 Å². The van der Waals surface area contributed by atoms with Gasteiger partial charge in [-0.1, -0.05) is 24.3 Å². The third-order valence-electron chi connectivity index (χ3n) is 6.29. The zero-order chi connectivity index (χ0) is 24.1. The highest BCUT2D eigenvalue weighted by Crippen LogP contribution is 2.40. The molecule has 0 radical (unpaired) electrons. The van der Waals surface area contributed by atoms with Crippen molar-refractivity contribution in [2.45, 2.75) is 38.9 Å². The van der Waals surface area contributed by atoms with Gasteiger partial charge in [-0.3, -0.25) is 9.78 Å². The average molecular weight is 478 g/mol. The highest BCUT2D eigenvalue weighted by atomic mass is 32.1. The van der Waals surface area contributed by atoms with E-state index >= 15 is 0 Å². The van der Waals surface area contributed by atoms with E-state index in [2.05, 4.69) is 45.0 Å². The summed E-state index contributed by atoms with van der Waals surface area (Å²) in [5.74, 6) is -0.0420. The molecule has 0 saturated carbocycles. The summed E-state index contributed by atoms with van der Waals surface area (Å²) < 4.78 is 7.59. The smallest absolute Gasteiger partial charge is 0.226 e. The number of thiocarbonyl (C=S) groups is 1. The number of nitrogens with zero attached hydrogens (tertiary/aromatic N) is 3. The number of pyridine rings is 1. The molecule has 2 N–H and O–H groups in total. The Bertz CT molecular complexity index is 1130. The van der Waals surface area contributed by atoms with E-state index in [0.717, 1.165) is 17.9 Å². The second-order valence-corrected chi connectivity index (χ2v) is 8.84. The van der Waals surface area contributed by atoms with Crippen LogP contribution in [-0.2, 0) is 16.1 Å². The minimum Gasteiger partial charge on any atom is -0.383 e. The van der Waals surface area contributed by atoms with Crippen LogP contribution in [0.2, 0.25) is 0 Å². The Balaban J connectivity index is 1.61. The van der Waals surface area contributed by atoms with E-state index in [1.165, 1.54) is 17.0 Å². The number of carbonyl (C=O) groups is 1. The van der Waals surface area contributed by atoms with Crippen LogP contribution in [0.4, 0.5) is 5.69 Å².